The van der Waals surface area contributed by atoms with Crippen LogP contribution < -0.4 is 25.4 Å². The number of hydrogen-bond donors (Lipinski definition) is 2. The molecule has 206 valence electrons. The fourth-order valence-corrected chi connectivity index (χ4v) is 5.07. The van der Waals surface area contributed by atoms with Gasteiger partial charge in [0, 0.05) is 48.9 Å². The van der Waals surface area contributed by atoms with Crippen molar-refractivity contribution in [2.24, 2.45) is 17.1 Å². The number of nitrogens with two attached hydrogens (primary N) is 1. The van der Waals surface area contributed by atoms with E-state index >= 15 is 0 Å². The van der Waals surface area contributed by atoms with Crippen LogP contribution in [-0.4, -0.2) is 59.2 Å². The molecule has 1 atom stereocenters. The number of hydrogen-bond acceptors (Lipinski definition) is 9. The number of carbonyl (C=O) groups is 1. The van der Waals surface area contributed by atoms with Crippen molar-refractivity contribution in [3.63, 3.8) is 0 Å². The van der Waals surface area contributed by atoms with Gasteiger partial charge in [-0.25, -0.2) is 0 Å². The van der Waals surface area contributed by atoms with E-state index in [9.17, 15) is 10.1 Å². The van der Waals surface area contributed by atoms with Crippen molar-refractivity contribution in [2.75, 3.05) is 31.7 Å². The summed E-state index contributed by atoms with van der Waals surface area (Å²) in [6, 6.07) is 5.81. The number of rotatable bonds is 9. The van der Waals surface area contributed by atoms with Crippen LogP contribution in [0.4, 0.5) is 5.82 Å². The average Bonchev–Trinajstić information content (AvgIpc) is 3.60. The van der Waals surface area contributed by atoms with E-state index in [-0.39, 0.29) is 30.3 Å². The van der Waals surface area contributed by atoms with Crippen molar-refractivity contribution in [1.29, 1.82) is 5.26 Å². The molecule has 10 nitrogen and oxygen atoms in total. The first-order valence-electron chi connectivity index (χ1n) is 13.6. The molecule has 1 aliphatic heterocycles. The number of methoxy groups -OCH3 is 1. The Labute approximate surface area is 229 Å². The predicted octanol–water partition coefficient (Wildman–Crippen LogP) is 3.27. The van der Waals surface area contributed by atoms with Gasteiger partial charge in [0.15, 0.2) is 0 Å². The second kappa shape index (κ2) is 10.5. The van der Waals surface area contributed by atoms with E-state index in [2.05, 4.69) is 37.3 Å². The molecule has 1 saturated carbocycles. The molecule has 5 rings (SSSR count). The number of nitrogens with zero attached hydrogens (tertiary/aromatic N) is 5. The third kappa shape index (κ3) is 5.69. The van der Waals surface area contributed by atoms with Gasteiger partial charge in [0.05, 0.1) is 24.3 Å². The van der Waals surface area contributed by atoms with Gasteiger partial charge in [-0.15, -0.1) is 0 Å². The van der Waals surface area contributed by atoms with Crippen molar-refractivity contribution in [3.8, 4) is 17.8 Å². The molecule has 2 fully saturated rings. The van der Waals surface area contributed by atoms with E-state index in [1.165, 1.54) is 5.57 Å². The maximum Gasteiger partial charge on any atom is 0.319 e. The highest BCUT2D eigenvalue weighted by atomic mass is 16.5. The minimum Gasteiger partial charge on any atom is -0.496 e. The lowest BCUT2D eigenvalue weighted by Crippen LogP contribution is -2.53. The SMILES string of the molecule is COc1ccnc2c1C(C1CCN(c3cc(C(=O)NC(C)C(C)(C)N)nc(OCC4(C#N)CC4)n3)CC1)=CC2. The van der Waals surface area contributed by atoms with Crippen molar-refractivity contribution < 1.29 is 14.3 Å². The van der Waals surface area contributed by atoms with E-state index in [0.717, 1.165) is 62.2 Å². The van der Waals surface area contributed by atoms with E-state index in [0.29, 0.717) is 11.7 Å². The van der Waals surface area contributed by atoms with Gasteiger partial charge >= 0.3 is 6.01 Å². The van der Waals surface area contributed by atoms with E-state index in [1.807, 2.05) is 26.8 Å². The Hall–Kier alpha value is -3.71. The van der Waals surface area contributed by atoms with Gasteiger partial charge < -0.3 is 25.4 Å². The molecule has 0 bridgehead atoms. The molecule has 0 aromatic carbocycles. The third-order valence-electron chi connectivity index (χ3n) is 8.23. The molecule has 1 unspecified atom stereocenters. The summed E-state index contributed by atoms with van der Waals surface area (Å²) in [6.07, 6.45) is 8.37. The molecule has 10 heteroatoms. The molecule has 2 aliphatic carbocycles. The van der Waals surface area contributed by atoms with Gasteiger partial charge in [0.2, 0.25) is 0 Å². The molecule has 3 N–H and O–H groups in total. The average molecular weight is 532 g/mol. The van der Waals surface area contributed by atoms with Crippen molar-refractivity contribution >= 4 is 17.3 Å². The van der Waals surface area contributed by atoms with Crippen LogP contribution in [0.25, 0.3) is 5.57 Å². The Morgan fingerprint density at radius 1 is 1.33 bits per heavy atom. The lowest BCUT2D eigenvalue weighted by atomic mass is 9.86. The molecule has 3 heterocycles. The first kappa shape index (κ1) is 26.9. The summed E-state index contributed by atoms with van der Waals surface area (Å²) < 4.78 is 11.5. The van der Waals surface area contributed by atoms with E-state index in [4.69, 9.17) is 15.2 Å². The summed E-state index contributed by atoms with van der Waals surface area (Å²) in [6.45, 7) is 7.35. The fraction of sp³-hybridized carbons (Fsp3) is 0.552. The summed E-state index contributed by atoms with van der Waals surface area (Å²) in [5.74, 6) is 1.57. The number of carbonyl (C=O) groups excluding carboxylic acids is 1. The van der Waals surface area contributed by atoms with Gasteiger partial charge in [0.1, 0.15) is 23.9 Å². The molecule has 1 saturated heterocycles. The number of anilines is 1. The van der Waals surface area contributed by atoms with Crippen molar-refractivity contribution in [3.05, 3.63) is 41.4 Å². The zero-order chi connectivity index (χ0) is 27.8. The summed E-state index contributed by atoms with van der Waals surface area (Å²) in [7, 11) is 1.70. The van der Waals surface area contributed by atoms with Gasteiger partial charge in [0.25, 0.3) is 5.91 Å². The summed E-state index contributed by atoms with van der Waals surface area (Å²) in [5, 5.41) is 12.4. The van der Waals surface area contributed by atoms with Gasteiger partial charge in [-0.1, -0.05) is 6.08 Å². The van der Waals surface area contributed by atoms with E-state index < -0.39 is 11.0 Å². The van der Waals surface area contributed by atoms with Crippen LogP contribution in [-0.2, 0) is 6.42 Å². The Morgan fingerprint density at radius 2 is 2.08 bits per heavy atom. The topological polar surface area (TPSA) is 139 Å². The summed E-state index contributed by atoms with van der Waals surface area (Å²) in [4.78, 5) is 28.9. The quantitative estimate of drug-likeness (QED) is 0.499. The highest BCUT2D eigenvalue weighted by Gasteiger charge is 2.44. The molecule has 39 heavy (non-hydrogen) atoms. The minimum atomic E-state index is -0.594. The molecular weight excluding hydrogens is 494 g/mol. The van der Waals surface area contributed by atoms with E-state index in [1.54, 1.807) is 19.4 Å². The van der Waals surface area contributed by atoms with Crippen LogP contribution in [0.1, 0.15) is 68.2 Å². The second-order valence-corrected chi connectivity index (χ2v) is 11.6. The minimum absolute atomic E-state index is 0.115. The number of pyridine rings is 1. The number of nitrogens with one attached hydrogen (secondary N) is 1. The monoisotopic (exact) mass is 531 g/mol. The smallest absolute Gasteiger partial charge is 0.319 e. The van der Waals surface area contributed by atoms with Crippen LogP contribution in [0, 0.1) is 22.7 Å². The number of amides is 1. The molecule has 2 aromatic heterocycles. The zero-order valence-corrected chi connectivity index (χ0v) is 23.2. The van der Waals surface area contributed by atoms with Gasteiger partial charge in [-0.3, -0.25) is 9.78 Å². The molecule has 0 spiro atoms. The lowest BCUT2D eigenvalue weighted by molar-refractivity contribution is 0.0918. The highest BCUT2D eigenvalue weighted by Crippen LogP contribution is 2.45. The Morgan fingerprint density at radius 3 is 2.72 bits per heavy atom. The molecule has 3 aliphatic rings. The normalized spacial score (nSPS) is 19.0. The lowest BCUT2D eigenvalue weighted by Gasteiger charge is -2.34. The largest absolute Gasteiger partial charge is 0.496 e. The standard InChI is InChI=1S/C29H37N7O3/c1-18(28(2,3)31)33-26(37)22-15-24(35-27(34-22)39-17-29(16-30)10-11-29)36-13-8-19(9-14-36)20-5-6-21-25(20)23(38-4)7-12-32-21/h5,7,12,15,18-19H,6,8-11,13-14,17,31H2,1-4H3,(H,33,37). The third-order valence-corrected chi connectivity index (χ3v) is 8.23. The Kier molecular flexibility index (Phi) is 7.21. The summed E-state index contributed by atoms with van der Waals surface area (Å²) >= 11 is 0. The first-order valence-corrected chi connectivity index (χ1v) is 13.6. The first-order chi connectivity index (χ1) is 18.6. The Balaban J connectivity index is 1.33. The number of aromatic nitrogens is 3. The molecule has 0 radical (unpaired) electrons. The van der Waals surface area contributed by atoms with Crippen LogP contribution in [0.3, 0.4) is 0 Å². The zero-order valence-electron chi connectivity index (χ0n) is 23.2. The maximum absolute atomic E-state index is 13.2. The number of allylic oxidation sites excluding steroid dienone is 2. The van der Waals surface area contributed by atoms with Crippen LogP contribution in [0.2, 0.25) is 0 Å². The number of nitriles is 1. The molecule has 2 aromatic rings. The number of ether oxygens (including phenoxy) is 2. The maximum atomic E-state index is 13.2. The fourth-order valence-electron chi connectivity index (χ4n) is 5.07. The highest BCUT2D eigenvalue weighted by molar-refractivity contribution is 5.93. The number of fused-ring (bicyclic) bond motifs is 1. The van der Waals surface area contributed by atoms with Gasteiger partial charge in [-0.2, -0.15) is 15.2 Å². The van der Waals surface area contributed by atoms with Crippen LogP contribution in [0.5, 0.6) is 11.8 Å². The van der Waals surface area contributed by atoms with Crippen molar-refractivity contribution in [2.45, 2.75) is 64.5 Å². The number of piperidine rings is 1. The van der Waals surface area contributed by atoms with Crippen molar-refractivity contribution in [1.82, 2.24) is 20.3 Å². The summed E-state index contributed by atoms with van der Waals surface area (Å²) in [5.41, 5.74) is 8.86. The second-order valence-electron chi connectivity index (χ2n) is 11.6. The van der Waals surface area contributed by atoms with Crippen LogP contribution in [0.15, 0.2) is 24.4 Å². The van der Waals surface area contributed by atoms with Gasteiger partial charge in [-0.05, 0) is 64.0 Å². The molecular formula is C29H37N7O3. The molecule has 1 amide bonds. The van der Waals surface area contributed by atoms with Crippen LogP contribution >= 0.6 is 0 Å². The Bertz CT molecular complexity index is 1320. The predicted molar refractivity (Wildman–Crippen MR) is 147 cm³/mol.